The molecule has 0 saturated heterocycles. The Kier molecular flexibility index (Phi) is 4.82. The highest BCUT2D eigenvalue weighted by molar-refractivity contribution is 14.1. The van der Waals surface area contributed by atoms with Gasteiger partial charge >= 0.3 is 0 Å². The minimum Gasteiger partial charge on any atom is -0.489 e. The predicted octanol–water partition coefficient (Wildman–Crippen LogP) is 4.23. The van der Waals surface area contributed by atoms with Gasteiger partial charge in [-0.3, -0.25) is 0 Å². The zero-order chi connectivity index (χ0) is 13.8. The van der Waals surface area contributed by atoms with Gasteiger partial charge in [0.2, 0.25) is 0 Å². The van der Waals surface area contributed by atoms with Crippen molar-refractivity contribution in [2.75, 3.05) is 0 Å². The van der Waals surface area contributed by atoms with Crippen molar-refractivity contribution in [3.05, 3.63) is 62.7 Å². The van der Waals surface area contributed by atoms with Crippen LogP contribution in [0.5, 0.6) is 5.75 Å². The van der Waals surface area contributed by atoms with Crippen molar-refractivity contribution in [2.45, 2.75) is 26.6 Å². The minimum atomic E-state index is -0.441. The molecule has 0 aliphatic rings. The number of rotatable bonds is 4. The lowest BCUT2D eigenvalue weighted by Gasteiger charge is -2.12. The van der Waals surface area contributed by atoms with Crippen molar-refractivity contribution in [2.24, 2.45) is 0 Å². The fourth-order valence-electron chi connectivity index (χ4n) is 1.84. The Hall–Kier alpha value is -1.07. The fraction of sp³-hybridized carbons (Fsp3) is 0.250. The SMILES string of the molecule is Cc1cc([C@@H](C)O)ccc1OCc1ccc(I)cc1. The molecule has 0 radical (unpaired) electrons. The molecule has 1 atom stereocenters. The van der Waals surface area contributed by atoms with Crippen molar-refractivity contribution < 1.29 is 9.84 Å². The quantitative estimate of drug-likeness (QED) is 0.819. The molecule has 0 aliphatic heterocycles. The molecule has 2 aromatic rings. The number of hydrogen-bond acceptors (Lipinski definition) is 2. The summed E-state index contributed by atoms with van der Waals surface area (Å²) in [7, 11) is 0. The van der Waals surface area contributed by atoms with Crippen molar-refractivity contribution in [3.8, 4) is 5.75 Å². The average molecular weight is 368 g/mol. The summed E-state index contributed by atoms with van der Waals surface area (Å²) in [5, 5.41) is 9.53. The summed E-state index contributed by atoms with van der Waals surface area (Å²) in [6, 6.07) is 14.1. The molecule has 0 fully saturated rings. The maximum Gasteiger partial charge on any atom is 0.122 e. The number of aliphatic hydroxyl groups excluding tert-OH is 1. The van der Waals surface area contributed by atoms with Crippen LogP contribution in [0.1, 0.15) is 29.7 Å². The maximum atomic E-state index is 9.53. The summed E-state index contributed by atoms with van der Waals surface area (Å²) >= 11 is 2.29. The van der Waals surface area contributed by atoms with Gasteiger partial charge in [-0.2, -0.15) is 0 Å². The van der Waals surface area contributed by atoms with Gasteiger partial charge in [0.25, 0.3) is 0 Å². The lowest BCUT2D eigenvalue weighted by atomic mass is 10.1. The molecule has 0 spiro atoms. The van der Waals surface area contributed by atoms with Gasteiger partial charge in [0.15, 0.2) is 0 Å². The number of benzene rings is 2. The minimum absolute atomic E-state index is 0.441. The number of aryl methyl sites for hydroxylation is 1. The van der Waals surface area contributed by atoms with Gasteiger partial charge in [-0.15, -0.1) is 0 Å². The summed E-state index contributed by atoms with van der Waals surface area (Å²) in [4.78, 5) is 0. The van der Waals surface area contributed by atoms with Crippen LogP contribution in [0.25, 0.3) is 0 Å². The van der Waals surface area contributed by atoms with Gasteiger partial charge in [-0.1, -0.05) is 18.2 Å². The third kappa shape index (κ3) is 3.94. The lowest BCUT2D eigenvalue weighted by Crippen LogP contribution is -1.98. The molecule has 2 rings (SSSR count). The van der Waals surface area contributed by atoms with Crippen LogP contribution in [-0.2, 0) is 6.61 Å². The largest absolute Gasteiger partial charge is 0.489 e. The molecule has 0 heterocycles. The van der Waals surface area contributed by atoms with Crippen molar-refractivity contribution in [1.82, 2.24) is 0 Å². The molecular weight excluding hydrogens is 351 g/mol. The van der Waals surface area contributed by atoms with E-state index in [2.05, 4.69) is 46.9 Å². The first-order chi connectivity index (χ1) is 9.06. The van der Waals surface area contributed by atoms with Crippen molar-refractivity contribution >= 4 is 22.6 Å². The van der Waals surface area contributed by atoms with Crippen LogP contribution in [0.2, 0.25) is 0 Å². The Morgan fingerprint density at radius 3 is 2.42 bits per heavy atom. The highest BCUT2D eigenvalue weighted by atomic mass is 127. The second-order valence-electron chi connectivity index (χ2n) is 4.62. The summed E-state index contributed by atoms with van der Waals surface area (Å²) in [5.74, 6) is 0.864. The Morgan fingerprint density at radius 2 is 1.84 bits per heavy atom. The maximum absolute atomic E-state index is 9.53. The van der Waals surface area contributed by atoms with E-state index in [1.807, 2.05) is 25.1 Å². The van der Waals surface area contributed by atoms with Crippen LogP contribution >= 0.6 is 22.6 Å². The highest BCUT2D eigenvalue weighted by Crippen LogP contribution is 2.23. The number of aliphatic hydroxyl groups is 1. The zero-order valence-electron chi connectivity index (χ0n) is 11.1. The second kappa shape index (κ2) is 6.39. The molecular formula is C16H17IO2. The van der Waals surface area contributed by atoms with E-state index in [0.717, 1.165) is 22.4 Å². The number of hydrogen-bond donors (Lipinski definition) is 1. The average Bonchev–Trinajstić information content (AvgIpc) is 2.39. The van der Waals surface area contributed by atoms with Gasteiger partial charge in [0.05, 0.1) is 6.10 Å². The van der Waals surface area contributed by atoms with Crippen molar-refractivity contribution in [1.29, 1.82) is 0 Å². The van der Waals surface area contributed by atoms with E-state index < -0.39 is 6.10 Å². The molecule has 0 unspecified atom stereocenters. The highest BCUT2D eigenvalue weighted by Gasteiger charge is 2.05. The van der Waals surface area contributed by atoms with E-state index in [-0.39, 0.29) is 0 Å². The molecule has 0 saturated carbocycles. The van der Waals surface area contributed by atoms with Gasteiger partial charge in [-0.25, -0.2) is 0 Å². The monoisotopic (exact) mass is 368 g/mol. The van der Waals surface area contributed by atoms with E-state index >= 15 is 0 Å². The first-order valence-electron chi connectivity index (χ1n) is 6.22. The summed E-state index contributed by atoms with van der Waals surface area (Å²) in [5.41, 5.74) is 3.11. The summed E-state index contributed by atoms with van der Waals surface area (Å²) in [6.07, 6.45) is -0.441. The number of ether oxygens (including phenoxy) is 1. The molecule has 2 aromatic carbocycles. The Morgan fingerprint density at radius 1 is 1.16 bits per heavy atom. The smallest absolute Gasteiger partial charge is 0.122 e. The Labute approximate surface area is 127 Å². The van der Waals surface area contributed by atoms with Crippen LogP contribution in [0, 0.1) is 10.5 Å². The third-order valence-corrected chi connectivity index (χ3v) is 3.71. The van der Waals surface area contributed by atoms with Gasteiger partial charge in [0.1, 0.15) is 12.4 Å². The molecule has 0 amide bonds. The number of halogens is 1. The zero-order valence-corrected chi connectivity index (χ0v) is 13.2. The predicted molar refractivity (Wildman–Crippen MR) is 85.3 cm³/mol. The molecule has 1 N–H and O–H groups in total. The summed E-state index contributed by atoms with van der Waals surface area (Å²) < 4.78 is 7.03. The van der Waals surface area contributed by atoms with Gasteiger partial charge in [0, 0.05) is 3.57 Å². The first-order valence-corrected chi connectivity index (χ1v) is 7.30. The Balaban J connectivity index is 2.05. The van der Waals surface area contributed by atoms with Crippen LogP contribution in [-0.4, -0.2) is 5.11 Å². The van der Waals surface area contributed by atoms with Crippen LogP contribution in [0.4, 0.5) is 0 Å². The van der Waals surface area contributed by atoms with Crippen LogP contribution in [0.3, 0.4) is 0 Å². The lowest BCUT2D eigenvalue weighted by molar-refractivity contribution is 0.199. The van der Waals surface area contributed by atoms with Gasteiger partial charge in [-0.05, 0) is 77.4 Å². The standard InChI is InChI=1S/C16H17IO2/c1-11-9-14(12(2)18)5-8-16(11)19-10-13-3-6-15(17)7-4-13/h3-9,12,18H,10H2,1-2H3/t12-/m1/s1. The Bertz CT molecular complexity index is 547. The molecule has 0 aromatic heterocycles. The van der Waals surface area contributed by atoms with Crippen LogP contribution < -0.4 is 4.74 Å². The van der Waals surface area contributed by atoms with E-state index in [0.29, 0.717) is 6.61 Å². The van der Waals surface area contributed by atoms with Gasteiger partial charge < -0.3 is 9.84 Å². The molecule has 2 nitrogen and oxygen atoms in total. The van der Waals surface area contributed by atoms with Crippen molar-refractivity contribution in [3.63, 3.8) is 0 Å². The van der Waals surface area contributed by atoms with E-state index in [9.17, 15) is 5.11 Å². The summed E-state index contributed by atoms with van der Waals surface area (Å²) in [6.45, 7) is 4.32. The fourth-order valence-corrected chi connectivity index (χ4v) is 2.20. The van der Waals surface area contributed by atoms with E-state index in [1.54, 1.807) is 6.92 Å². The molecule has 0 bridgehead atoms. The first kappa shape index (κ1) is 14.3. The third-order valence-electron chi connectivity index (χ3n) is 2.99. The molecule has 100 valence electrons. The molecule has 3 heteroatoms. The normalized spacial score (nSPS) is 12.2. The molecule has 0 aliphatic carbocycles. The molecule has 19 heavy (non-hydrogen) atoms. The van der Waals surface area contributed by atoms with E-state index in [4.69, 9.17) is 4.74 Å². The second-order valence-corrected chi connectivity index (χ2v) is 5.86. The van der Waals surface area contributed by atoms with E-state index in [1.165, 1.54) is 3.57 Å². The van der Waals surface area contributed by atoms with Crippen LogP contribution in [0.15, 0.2) is 42.5 Å². The topological polar surface area (TPSA) is 29.5 Å².